The van der Waals surface area contributed by atoms with E-state index in [-0.39, 0.29) is 12.3 Å². The van der Waals surface area contributed by atoms with E-state index in [9.17, 15) is 4.79 Å². The molecule has 1 aromatic rings. The van der Waals surface area contributed by atoms with Crippen molar-refractivity contribution >= 4 is 6.03 Å². The summed E-state index contributed by atoms with van der Waals surface area (Å²) in [5, 5.41) is 2.84. The number of rotatable bonds is 6. The van der Waals surface area contributed by atoms with Gasteiger partial charge in [0.1, 0.15) is 0 Å². The monoisotopic (exact) mass is 292 g/mol. The molecule has 0 aliphatic carbocycles. The number of benzene rings is 1. The van der Waals surface area contributed by atoms with E-state index in [2.05, 4.69) is 29.9 Å². The van der Waals surface area contributed by atoms with Gasteiger partial charge in [-0.3, -0.25) is 0 Å². The minimum Gasteiger partial charge on any atom is -0.350 e. The summed E-state index contributed by atoms with van der Waals surface area (Å²) < 4.78 is 5.38. The third kappa shape index (κ3) is 5.36. The van der Waals surface area contributed by atoms with Crippen LogP contribution in [0.4, 0.5) is 4.79 Å². The van der Waals surface area contributed by atoms with Crippen LogP contribution in [0.15, 0.2) is 30.3 Å². The maximum Gasteiger partial charge on any atom is 0.338 e. The van der Waals surface area contributed by atoms with Gasteiger partial charge in [0.05, 0.1) is 0 Å². The smallest absolute Gasteiger partial charge is 0.338 e. The van der Waals surface area contributed by atoms with Gasteiger partial charge in [-0.25, -0.2) is 15.1 Å². The molecule has 0 aromatic heterocycles. The molecule has 0 bridgehead atoms. The molecule has 1 saturated heterocycles. The molecule has 0 spiro atoms. The fourth-order valence-electron chi connectivity index (χ4n) is 2.40. The van der Waals surface area contributed by atoms with Crippen molar-refractivity contribution in [3.63, 3.8) is 0 Å². The summed E-state index contributed by atoms with van der Waals surface area (Å²) in [4.78, 5) is 17.0. The molecule has 5 heteroatoms. The highest BCUT2D eigenvalue weighted by Gasteiger charge is 2.16. The lowest BCUT2D eigenvalue weighted by Crippen LogP contribution is -2.41. The fraction of sp³-hybridized carbons (Fsp3) is 0.562. The average Bonchev–Trinajstić information content (AvgIpc) is 2.55. The molecule has 1 aliphatic rings. The van der Waals surface area contributed by atoms with Gasteiger partial charge >= 0.3 is 6.03 Å². The number of nitrogens with one attached hydrogen (secondary N) is 2. The highest BCUT2D eigenvalue weighted by molar-refractivity contribution is 5.72. The highest BCUT2D eigenvalue weighted by atomic mass is 16.8. The van der Waals surface area contributed by atoms with Gasteiger partial charge in [0, 0.05) is 25.5 Å². The third-order valence-corrected chi connectivity index (χ3v) is 3.69. The topological polar surface area (TPSA) is 59.6 Å². The van der Waals surface area contributed by atoms with Crippen LogP contribution in [0.3, 0.4) is 0 Å². The lowest BCUT2D eigenvalue weighted by atomic mass is 9.97. The lowest BCUT2D eigenvalue weighted by Gasteiger charge is -2.22. The van der Waals surface area contributed by atoms with Crippen LogP contribution < -0.4 is 10.8 Å². The molecule has 1 aliphatic heterocycles. The van der Waals surface area contributed by atoms with Crippen molar-refractivity contribution in [2.24, 2.45) is 0 Å². The van der Waals surface area contributed by atoms with Crippen LogP contribution in [0.1, 0.15) is 44.1 Å². The number of ether oxygens (including phenoxy) is 1. The van der Waals surface area contributed by atoms with Crippen molar-refractivity contribution in [2.75, 3.05) is 13.2 Å². The molecule has 0 saturated carbocycles. The predicted octanol–water partition coefficient (Wildman–Crippen LogP) is 2.94. The second-order valence-electron chi connectivity index (χ2n) is 5.24. The van der Waals surface area contributed by atoms with Crippen molar-refractivity contribution in [1.82, 2.24) is 10.8 Å². The Kier molecular flexibility index (Phi) is 6.50. The summed E-state index contributed by atoms with van der Waals surface area (Å²) in [5.74, 6) is 0.308. The summed E-state index contributed by atoms with van der Waals surface area (Å²) in [6, 6.07) is 9.87. The summed E-state index contributed by atoms with van der Waals surface area (Å²) in [7, 11) is 0. The first-order valence-electron chi connectivity index (χ1n) is 7.65. The van der Waals surface area contributed by atoms with E-state index in [4.69, 9.17) is 9.57 Å². The number of hydrogen-bond donors (Lipinski definition) is 2. The van der Waals surface area contributed by atoms with E-state index in [0.717, 1.165) is 25.7 Å². The molecule has 2 N–H and O–H groups in total. The van der Waals surface area contributed by atoms with Gasteiger partial charge in [-0.15, -0.1) is 0 Å². The van der Waals surface area contributed by atoms with Gasteiger partial charge < -0.3 is 10.1 Å². The number of carbonyl (C=O) groups excluding carboxylic acids is 1. The number of amides is 2. The second-order valence-corrected chi connectivity index (χ2v) is 5.24. The third-order valence-electron chi connectivity index (χ3n) is 3.69. The van der Waals surface area contributed by atoms with Crippen molar-refractivity contribution in [3.05, 3.63) is 35.9 Å². The molecule has 1 fully saturated rings. The van der Waals surface area contributed by atoms with E-state index in [1.807, 2.05) is 18.2 Å². The molecule has 116 valence electrons. The standard InChI is InChI=1S/C16H24N2O3/c1-2-13(14-8-4-3-5-9-14)12-17-16(19)18-21-15-10-6-7-11-20-15/h3-5,8-9,13,15H,2,6-7,10-12H2,1H3,(H2,17,18,19)/t13-,15-/m0/s1. The summed E-state index contributed by atoms with van der Waals surface area (Å²) in [6.45, 7) is 3.39. The highest BCUT2D eigenvalue weighted by Crippen LogP contribution is 2.17. The van der Waals surface area contributed by atoms with E-state index >= 15 is 0 Å². The van der Waals surface area contributed by atoms with Gasteiger partial charge in [-0.1, -0.05) is 37.3 Å². The first-order valence-corrected chi connectivity index (χ1v) is 7.65. The van der Waals surface area contributed by atoms with Crippen LogP contribution in [0, 0.1) is 0 Å². The molecule has 1 heterocycles. The Bertz CT molecular complexity index is 419. The van der Waals surface area contributed by atoms with Crippen LogP contribution in [-0.4, -0.2) is 25.5 Å². The zero-order valence-corrected chi connectivity index (χ0v) is 12.5. The maximum absolute atomic E-state index is 11.7. The summed E-state index contributed by atoms with van der Waals surface area (Å²) in [5.41, 5.74) is 3.64. The molecular weight excluding hydrogens is 268 g/mol. The van der Waals surface area contributed by atoms with Gasteiger partial charge in [0.2, 0.25) is 0 Å². The molecule has 5 nitrogen and oxygen atoms in total. The van der Waals surface area contributed by atoms with Crippen molar-refractivity contribution in [1.29, 1.82) is 0 Å². The Morgan fingerprint density at radius 3 is 2.86 bits per heavy atom. The molecule has 1 aromatic carbocycles. The normalized spacial score (nSPS) is 19.8. The van der Waals surface area contributed by atoms with Crippen molar-refractivity contribution in [2.45, 2.75) is 44.8 Å². The van der Waals surface area contributed by atoms with Crippen LogP contribution >= 0.6 is 0 Å². The van der Waals surface area contributed by atoms with Crippen molar-refractivity contribution in [3.8, 4) is 0 Å². The second kappa shape index (κ2) is 8.64. The molecule has 0 radical (unpaired) electrons. The Balaban J connectivity index is 1.69. The summed E-state index contributed by atoms with van der Waals surface area (Å²) >= 11 is 0. The molecule has 2 amide bonds. The van der Waals surface area contributed by atoms with Gasteiger partial charge in [0.25, 0.3) is 0 Å². The van der Waals surface area contributed by atoms with E-state index in [1.165, 1.54) is 5.56 Å². The average molecular weight is 292 g/mol. The fourth-order valence-corrected chi connectivity index (χ4v) is 2.40. The number of hydroxylamine groups is 1. The van der Waals surface area contributed by atoms with Crippen LogP contribution in [0.25, 0.3) is 0 Å². The molecular formula is C16H24N2O3. The van der Waals surface area contributed by atoms with Crippen LogP contribution in [0.5, 0.6) is 0 Å². The predicted molar refractivity (Wildman–Crippen MR) is 80.7 cm³/mol. The number of urea groups is 1. The zero-order valence-electron chi connectivity index (χ0n) is 12.5. The largest absolute Gasteiger partial charge is 0.350 e. The molecule has 2 atom stereocenters. The molecule has 21 heavy (non-hydrogen) atoms. The van der Waals surface area contributed by atoms with E-state index in [1.54, 1.807) is 0 Å². The van der Waals surface area contributed by atoms with Crippen molar-refractivity contribution < 1.29 is 14.4 Å². The Morgan fingerprint density at radius 2 is 2.19 bits per heavy atom. The first kappa shape index (κ1) is 15.8. The maximum atomic E-state index is 11.7. The quantitative estimate of drug-likeness (QED) is 0.793. The Hall–Kier alpha value is -1.59. The Morgan fingerprint density at radius 1 is 1.38 bits per heavy atom. The molecule has 2 rings (SSSR count). The van der Waals surface area contributed by atoms with Gasteiger partial charge in [-0.05, 0) is 24.8 Å². The van der Waals surface area contributed by atoms with Gasteiger partial charge in [0.15, 0.2) is 6.29 Å². The van der Waals surface area contributed by atoms with Crippen LogP contribution in [-0.2, 0) is 9.57 Å². The van der Waals surface area contributed by atoms with E-state index < -0.39 is 0 Å². The minimum atomic E-state index is -0.321. The summed E-state index contributed by atoms with van der Waals surface area (Å²) in [6.07, 6.45) is 3.60. The Labute approximate surface area is 126 Å². The SMILES string of the molecule is CC[C@@H](CNC(=O)NO[C@H]1CCCCO1)c1ccccc1. The number of hydrogen-bond acceptors (Lipinski definition) is 3. The van der Waals surface area contributed by atoms with Crippen LogP contribution in [0.2, 0.25) is 0 Å². The lowest BCUT2D eigenvalue weighted by molar-refractivity contribution is -0.186. The number of carbonyl (C=O) groups is 1. The first-order chi connectivity index (χ1) is 10.3. The molecule has 0 unspecified atom stereocenters. The minimum absolute atomic E-state index is 0.308. The zero-order chi connectivity index (χ0) is 14.9. The van der Waals surface area contributed by atoms with Gasteiger partial charge in [-0.2, -0.15) is 0 Å². The van der Waals surface area contributed by atoms with E-state index in [0.29, 0.717) is 19.1 Å².